The van der Waals surface area contributed by atoms with E-state index in [1.54, 1.807) is 0 Å². The average Bonchev–Trinajstić information content (AvgIpc) is 2.61. The Kier molecular flexibility index (Phi) is 2.58. The maximum Gasteiger partial charge on any atom is 0.0716 e. The van der Waals surface area contributed by atoms with E-state index < -0.39 is 0 Å². The van der Waals surface area contributed by atoms with Gasteiger partial charge in [-0.05, 0) is 5.41 Å². The summed E-state index contributed by atoms with van der Waals surface area (Å²) < 4.78 is 1.95. The van der Waals surface area contributed by atoms with Gasteiger partial charge in [0.25, 0.3) is 0 Å². The lowest BCUT2D eigenvalue weighted by atomic mass is 9.86. The fourth-order valence-electron chi connectivity index (χ4n) is 1.92. The minimum atomic E-state index is 0.124. The standard InChI is InChI=1S/C14H18N2/c1-14(2,3)12-10-15-16(4)13(12)11-8-6-5-7-9-11/h5-10H,1-4H3. The van der Waals surface area contributed by atoms with Crippen molar-refractivity contribution in [2.75, 3.05) is 0 Å². The zero-order valence-corrected chi connectivity index (χ0v) is 10.4. The molecule has 1 heterocycles. The lowest BCUT2D eigenvalue weighted by Gasteiger charge is -2.19. The number of rotatable bonds is 1. The normalized spacial score (nSPS) is 11.8. The summed E-state index contributed by atoms with van der Waals surface area (Å²) in [6, 6.07) is 10.4. The molecule has 0 N–H and O–H groups in total. The predicted octanol–water partition coefficient (Wildman–Crippen LogP) is 3.38. The fourth-order valence-corrected chi connectivity index (χ4v) is 1.92. The van der Waals surface area contributed by atoms with E-state index in [0.29, 0.717) is 0 Å². The summed E-state index contributed by atoms with van der Waals surface area (Å²) in [7, 11) is 2.00. The van der Waals surface area contributed by atoms with Crippen molar-refractivity contribution in [1.29, 1.82) is 0 Å². The summed E-state index contributed by atoms with van der Waals surface area (Å²) >= 11 is 0. The van der Waals surface area contributed by atoms with Crippen LogP contribution in [0.25, 0.3) is 11.3 Å². The van der Waals surface area contributed by atoms with Crippen LogP contribution in [-0.2, 0) is 12.5 Å². The molecule has 1 aromatic carbocycles. The molecule has 84 valence electrons. The van der Waals surface area contributed by atoms with Crippen molar-refractivity contribution < 1.29 is 0 Å². The van der Waals surface area contributed by atoms with Crippen molar-refractivity contribution >= 4 is 0 Å². The van der Waals surface area contributed by atoms with Crippen LogP contribution in [0.5, 0.6) is 0 Å². The maximum atomic E-state index is 4.38. The number of benzene rings is 1. The lowest BCUT2D eigenvalue weighted by molar-refractivity contribution is 0.591. The molecule has 2 nitrogen and oxygen atoms in total. The molecule has 16 heavy (non-hydrogen) atoms. The van der Waals surface area contributed by atoms with Crippen LogP contribution in [0.15, 0.2) is 36.5 Å². The van der Waals surface area contributed by atoms with Gasteiger partial charge in [-0.3, -0.25) is 4.68 Å². The molecule has 0 amide bonds. The third-order valence-corrected chi connectivity index (χ3v) is 2.79. The van der Waals surface area contributed by atoms with E-state index in [0.717, 1.165) is 0 Å². The summed E-state index contributed by atoms with van der Waals surface area (Å²) in [5, 5.41) is 4.38. The van der Waals surface area contributed by atoms with Gasteiger partial charge in [-0.2, -0.15) is 5.10 Å². The highest BCUT2D eigenvalue weighted by Crippen LogP contribution is 2.32. The van der Waals surface area contributed by atoms with E-state index in [1.807, 2.05) is 24.0 Å². The van der Waals surface area contributed by atoms with Gasteiger partial charge in [0.1, 0.15) is 0 Å². The second-order valence-electron chi connectivity index (χ2n) is 5.15. The highest BCUT2D eigenvalue weighted by atomic mass is 15.3. The van der Waals surface area contributed by atoms with Crippen molar-refractivity contribution in [3.8, 4) is 11.3 Å². The van der Waals surface area contributed by atoms with Crippen LogP contribution >= 0.6 is 0 Å². The first-order valence-electron chi connectivity index (χ1n) is 5.58. The first kappa shape index (κ1) is 10.9. The number of aryl methyl sites for hydroxylation is 1. The molecule has 0 radical (unpaired) electrons. The SMILES string of the molecule is Cn1ncc(C(C)(C)C)c1-c1ccccc1. The van der Waals surface area contributed by atoms with Gasteiger partial charge in [0.05, 0.1) is 11.9 Å². The van der Waals surface area contributed by atoms with Crippen LogP contribution < -0.4 is 0 Å². The largest absolute Gasteiger partial charge is 0.268 e. The van der Waals surface area contributed by atoms with Crippen LogP contribution in [0.3, 0.4) is 0 Å². The molecule has 0 saturated carbocycles. The highest BCUT2D eigenvalue weighted by Gasteiger charge is 2.21. The Hall–Kier alpha value is -1.57. The molecule has 2 rings (SSSR count). The first-order valence-corrected chi connectivity index (χ1v) is 5.58. The number of aromatic nitrogens is 2. The molecule has 0 aliphatic carbocycles. The van der Waals surface area contributed by atoms with Gasteiger partial charge >= 0.3 is 0 Å². The summed E-state index contributed by atoms with van der Waals surface area (Å²) in [5.41, 5.74) is 3.86. The monoisotopic (exact) mass is 214 g/mol. The molecule has 0 unspecified atom stereocenters. The molecular formula is C14H18N2. The Labute approximate surface area is 96.9 Å². The molecule has 0 aliphatic rings. The second kappa shape index (κ2) is 3.78. The van der Waals surface area contributed by atoms with E-state index >= 15 is 0 Å². The number of hydrogen-bond donors (Lipinski definition) is 0. The van der Waals surface area contributed by atoms with Crippen LogP contribution in [-0.4, -0.2) is 9.78 Å². The fraction of sp³-hybridized carbons (Fsp3) is 0.357. The predicted molar refractivity (Wildman–Crippen MR) is 67.3 cm³/mol. The van der Waals surface area contributed by atoms with Crippen LogP contribution in [0.2, 0.25) is 0 Å². The van der Waals surface area contributed by atoms with Gasteiger partial charge < -0.3 is 0 Å². The van der Waals surface area contributed by atoms with Gasteiger partial charge in [-0.1, -0.05) is 51.1 Å². The van der Waals surface area contributed by atoms with E-state index in [4.69, 9.17) is 0 Å². The summed E-state index contributed by atoms with van der Waals surface area (Å²) in [6.45, 7) is 6.66. The molecule has 0 bridgehead atoms. The zero-order chi connectivity index (χ0) is 11.8. The van der Waals surface area contributed by atoms with Crippen molar-refractivity contribution in [1.82, 2.24) is 9.78 Å². The van der Waals surface area contributed by atoms with Gasteiger partial charge in [-0.15, -0.1) is 0 Å². The molecule has 0 saturated heterocycles. The maximum absolute atomic E-state index is 4.38. The molecule has 0 fully saturated rings. The van der Waals surface area contributed by atoms with E-state index in [-0.39, 0.29) is 5.41 Å². The first-order chi connectivity index (χ1) is 7.50. The number of hydrogen-bond acceptors (Lipinski definition) is 1. The van der Waals surface area contributed by atoms with Crippen molar-refractivity contribution in [2.24, 2.45) is 7.05 Å². The van der Waals surface area contributed by atoms with Crippen LogP contribution in [0.1, 0.15) is 26.3 Å². The Morgan fingerprint density at radius 3 is 2.25 bits per heavy atom. The summed E-state index contributed by atoms with van der Waals surface area (Å²) in [4.78, 5) is 0. The average molecular weight is 214 g/mol. The lowest BCUT2D eigenvalue weighted by Crippen LogP contribution is -2.12. The smallest absolute Gasteiger partial charge is 0.0716 e. The van der Waals surface area contributed by atoms with Crippen molar-refractivity contribution in [2.45, 2.75) is 26.2 Å². The van der Waals surface area contributed by atoms with Gasteiger partial charge in [-0.25, -0.2) is 0 Å². The topological polar surface area (TPSA) is 17.8 Å². The van der Waals surface area contributed by atoms with Crippen LogP contribution in [0.4, 0.5) is 0 Å². The molecular weight excluding hydrogens is 196 g/mol. The third kappa shape index (κ3) is 1.87. The Balaban J connectivity index is 2.61. The molecule has 0 atom stereocenters. The quantitative estimate of drug-likeness (QED) is 0.711. The molecule has 0 spiro atoms. The minimum absolute atomic E-state index is 0.124. The highest BCUT2D eigenvalue weighted by molar-refractivity contribution is 5.64. The summed E-state index contributed by atoms with van der Waals surface area (Å²) in [5.74, 6) is 0. The van der Waals surface area contributed by atoms with E-state index in [9.17, 15) is 0 Å². The minimum Gasteiger partial charge on any atom is -0.268 e. The second-order valence-corrected chi connectivity index (χ2v) is 5.15. The molecule has 2 aromatic rings. The van der Waals surface area contributed by atoms with E-state index in [2.05, 4.69) is 50.1 Å². The van der Waals surface area contributed by atoms with Gasteiger partial charge in [0.2, 0.25) is 0 Å². The van der Waals surface area contributed by atoms with E-state index in [1.165, 1.54) is 16.8 Å². The van der Waals surface area contributed by atoms with Gasteiger partial charge in [0.15, 0.2) is 0 Å². The molecule has 1 aromatic heterocycles. The van der Waals surface area contributed by atoms with Crippen LogP contribution in [0, 0.1) is 0 Å². The molecule has 0 aliphatic heterocycles. The van der Waals surface area contributed by atoms with Gasteiger partial charge in [0, 0.05) is 18.2 Å². The molecule has 2 heteroatoms. The third-order valence-electron chi connectivity index (χ3n) is 2.79. The van der Waals surface area contributed by atoms with Crippen molar-refractivity contribution in [3.63, 3.8) is 0 Å². The van der Waals surface area contributed by atoms with Crippen molar-refractivity contribution in [3.05, 3.63) is 42.1 Å². The Bertz CT molecular complexity index is 475. The number of nitrogens with zero attached hydrogens (tertiary/aromatic N) is 2. The summed E-state index contributed by atoms with van der Waals surface area (Å²) in [6.07, 6.45) is 1.97. The zero-order valence-electron chi connectivity index (χ0n) is 10.4. The Morgan fingerprint density at radius 2 is 1.69 bits per heavy atom. The Morgan fingerprint density at radius 1 is 1.06 bits per heavy atom.